The van der Waals surface area contributed by atoms with Crippen LogP contribution in [0.25, 0.3) is 11.0 Å². The van der Waals surface area contributed by atoms with Gasteiger partial charge in [-0.25, -0.2) is 4.98 Å². The van der Waals surface area contributed by atoms with E-state index in [0.717, 1.165) is 18.0 Å². The number of rotatable bonds is 3. The Morgan fingerprint density at radius 1 is 1.09 bits per heavy atom. The Hall–Kier alpha value is -1.65. The number of allylic oxidation sites excluding steroid dienone is 1. The first-order valence-corrected chi connectivity index (χ1v) is 12.9. The van der Waals surface area contributed by atoms with Gasteiger partial charge in [-0.05, 0) is 105 Å². The van der Waals surface area contributed by atoms with E-state index in [1.165, 1.54) is 50.5 Å². The van der Waals surface area contributed by atoms with Crippen LogP contribution >= 0.6 is 0 Å². The zero-order valence-corrected chi connectivity index (χ0v) is 19.9. The van der Waals surface area contributed by atoms with Gasteiger partial charge in [0.25, 0.3) is 0 Å². The maximum Gasteiger partial charge on any atom is 0.0961 e. The predicted octanol–water partition coefficient (Wildman–Crippen LogP) is 5.35. The summed E-state index contributed by atoms with van der Waals surface area (Å²) < 4.78 is 2.47. The van der Waals surface area contributed by atoms with Gasteiger partial charge in [0.05, 0.1) is 23.5 Å². The van der Waals surface area contributed by atoms with E-state index in [2.05, 4.69) is 67.4 Å². The molecule has 1 aromatic heterocycles. The highest BCUT2D eigenvalue weighted by molar-refractivity contribution is 5.75. The second kappa shape index (κ2) is 7.43. The lowest BCUT2D eigenvalue weighted by atomic mass is 9.46. The normalized spacial score (nSPS) is 43.4. The molecule has 0 radical (unpaired) electrons. The van der Waals surface area contributed by atoms with Crippen molar-refractivity contribution in [1.82, 2.24) is 14.9 Å². The number of aliphatic hydroxyl groups excluding tert-OH is 1. The molecule has 2 N–H and O–H groups in total. The van der Waals surface area contributed by atoms with E-state index < -0.39 is 0 Å². The minimum absolute atomic E-state index is 0.233. The van der Waals surface area contributed by atoms with Crippen molar-refractivity contribution in [3.05, 3.63) is 42.2 Å². The molecule has 8 unspecified atom stereocenters. The van der Waals surface area contributed by atoms with Crippen molar-refractivity contribution in [3.63, 3.8) is 0 Å². The second-order valence-corrected chi connectivity index (χ2v) is 11.8. The van der Waals surface area contributed by atoms with Gasteiger partial charge in [-0.2, -0.15) is 0 Å². The Morgan fingerprint density at radius 3 is 2.78 bits per heavy atom. The second-order valence-electron chi connectivity index (χ2n) is 11.8. The molecule has 4 nitrogen and oxygen atoms in total. The van der Waals surface area contributed by atoms with Gasteiger partial charge in [0.1, 0.15) is 0 Å². The number of para-hydroxylation sites is 2. The third-order valence-corrected chi connectivity index (χ3v) is 10.5. The van der Waals surface area contributed by atoms with E-state index in [0.29, 0.717) is 23.8 Å². The maximum absolute atomic E-state index is 11.5. The van der Waals surface area contributed by atoms with Crippen LogP contribution in [0.1, 0.15) is 64.8 Å². The van der Waals surface area contributed by atoms with Crippen molar-refractivity contribution in [2.24, 2.45) is 34.5 Å². The highest BCUT2D eigenvalue weighted by Crippen LogP contribution is 2.67. The standard InChI is InChI=1S/C28H39N3O/c1-27-12-10-18(16-29-3)14-19(27)15-24(32)26-20-8-9-25(28(20,2)13-11-21(26)27)31-17-30-22-6-4-5-7-23(22)31/h4-7,15,17-18,20-21,24-26,29,32H,8-14,16H2,1-3H3. The van der Waals surface area contributed by atoms with Crippen LogP contribution in [-0.2, 0) is 0 Å². The van der Waals surface area contributed by atoms with Crippen LogP contribution in [0.15, 0.2) is 42.2 Å². The largest absolute Gasteiger partial charge is 0.389 e. The quantitative estimate of drug-likeness (QED) is 0.642. The molecule has 0 bridgehead atoms. The molecule has 8 atom stereocenters. The number of hydrogen-bond donors (Lipinski definition) is 2. The van der Waals surface area contributed by atoms with Crippen molar-refractivity contribution in [2.75, 3.05) is 13.6 Å². The lowest BCUT2D eigenvalue weighted by Gasteiger charge is -2.59. The van der Waals surface area contributed by atoms with Crippen LogP contribution in [0.4, 0.5) is 0 Å². The van der Waals surface area contributed by atoms with Gasteiger partial charge < -0.3 is 15.0 Å². The molecule has 172 valence electrons. The molecule has 3 fully saturated rings. The van der Waals surface area contributed by atoms with Crippen LogP contribution in [0.3, 0.4) is 0 Å². The van der Waals surface area contributed by atoms with E-state index in [1.807, 2.05) is 0 Å². The molecule has 0 amide bonds. The number of imidazole rings is 1. The minimum Gasteiger partial charge on any atom is -0.389 e. The molecule has 1 aromatic carbocycles. The molecule has 2 aromatic rings. The average Bonchev–Trinajstić information content (AvgIpc) is 3.35. The minimum atomic E-state index is -0.278. The number of aromatic nitrogens is 2. The van der Waals surface area contributed by atoms with Crippen molar-refractivity contribution >= 4 is 11.0 Å². The van der Waals surface area contributed by atoms with Crippen LogP contribution in [-0.4, -0.2) is 34.4 Å². The average molecular weight is 434 g/mol. The summed E-state index contributed by atoms with van der Waals surface area (Å²) in [5.41, 5.74) is 4.45. The molecule has 6 rings (SSSR count). The van der Waals surface area contributed by atoms with E-state index in [1.54, 1.807) is 5.57 Å². The molecule has 4 heteroatoms. The first-order valence-electron chi connectivity index (χ1n) is 12.9. The summed E-state index contributed by atoms with van der Waals surface area (Å²) in [6, 6.07) is 9.05. The number of nitrogens with one attached hydrogen (secondary N) is 1. The van der Waals surface area contributed by atoms with Gasteiger partial charge in [0.2, 0.25) is 0 Å². The number of nitrogens with zero attached hydrogens (tertiary/aromatic N) is 2. The predicted molar refractivity (Wildman–Crippen MR) is 129 cm³/mol. The fourth-order valence-electron chi connectivity index (χ4n) is 8.84. The molecule has 0 saturated heterocycles. The van der Waals surface area contributed by atoms with Gasteiger partial charge in [-0.15, -0.1) is 0 Å². The Balaban J connectivity index is 1.34. The van der Waals surface area contributed by atoms with Gasteiger partial charge in [-0.1, -0.05) is 37.6 Å². The fraction of sp³-hybridized carbons (Fsp3) is 0.679. The number of fused-ring (bicyclic) bond motifs is 6. The van der Waals surface area contributed by atoms with E-state index in [-0.39, 0.29) is 16.9 Å². The first kappa shape index (κ1) is 20.9. The molecule has 4 aliphatic carbocycles. The smallest absolute Gasteiger partial charge is 0.0961 e. The van der Waals surface area contributed by atoms with Gasteiger partial charge in [-0.3, -0.25) is 0 Å². The van der Waals surface area contributed by atoms with E-state index in [9.17, 15) is 5.11 Å². The first-order chi connectivity index (χ1) is 15.5. The topological polar surface area (TPSA) is 50.1 Å². The van der Waals surface area contributed by atoms with Gasteiger partial charge >= 0.3 is 0 Å². The molecule has 32 heavy (non-hydrogen) atoms. The van der Waals surface area contributed by atoms with Crippen molar-refractivity contribution < 1.29 is 5.11 Å². The molecule has 3 saturated carbocycles. The number of benzene rings is 1. The Bertz CT molecular complexity index is 1040. The monoisotopic (exact) mass is 433 g/mol. The third-order valence-electron chi connectivity index (χ3n) is 10.5. The summed E-state index contributed by atoms with van der Waals surface area (Å²) in [6.45, 7) is 6.16. The highest BCUT2D eigenvalue weighted by atomic mass is 16.3. The zero-order chi connectivity index (χ0) is 22.1. The summed E-state index contributed by atoms with van der Waals surface area (Å²) >= 11 is 0. The number of aliphatic hydroxyl groups is 1. The molecule has 0 spiro atoms. The highest BCUT2D eigenvalue weighted by Gasteiger charge is 2.61. The van der Waals surface area contributed by atoms with Crippen LogP contribution in [0.2, 0.25) is 0 Å². The van der Waals surface area contributed by atoms with Gasteiger partial charge in [0, 0.05) is 6.04 Å². The zero-order valence-electron chi connectivity index (χ0n) is 19.9. The fourth-order valence-corrected chi connectivity index (χ4v) is 8.84. The molecular formula is C28H39N3O. The molecular weight excluding hydrogens is 394 g/mol. The van der Waals surface area contributed by atoms with Crippen LogP contribution in [0.5, 0.6) is 0 Å². The summed E-state index contributed by atoms with van der Waals surface area (Å²) in [7, 11) is 2.07. The van der Waals surface area contributed by atoms with Crippen molar-refractivity contribution in [2.45, 2.75) is 70.9 Å². The molecule has 0 aliphatic heterocycles. The Kier molecular flexibility index (Phi) is 4.86. The molecule has 4 aliphatic rings. The summed E-state index contributed by atoms with van der Waals surface area (Å²) in [5.74, 6) is 2.35. The number of hydrogen-bond acceptors (Lipinski definition) is 3. The molecule has 1 heterocycles. The Morgan fingerprint density at radius 2 is 1.94 bits per heavy atom. The lowest BCUT2D eigenvalue weighted by molar-refractivity contribution is -0.0869. The summed E-state index contributed by atoms with van der Waals surface area (Å²) in [4.78, 5) is 4.71. The van der Waals surface area contributed by atoms with Crippen molar-refractivity contribution in [1.29, 1.82) is 0 Å². The van der Waals surface area contributed by atoms with Crippen LogP contribution in [0, 0.1) is 34.5 Å². The third kappa shape index (κ3) is 2.84. The Labute approximate surface area is 192 Å². The van der Waals surface area contributed by atoms with Crippen molar-refractivity contribution in [3.8, 4) is 0 Å². The van der Waals surface area contributed by atoms with Crippen LogP contribution < -0.4 is 5.32 Å². The summed E-state index contributed by atoms with van der Waals surface area (Å²) in [5, 5.41) is 14.9. The maximum atomic E-state index is 11.5. The van der Waals surface area contributed by atoms with Gasteiger partial charge in [0.15, 0.2) is 0 Å². The SMILES string of the molecule is CNCC1CCC2(C)C(=CC(O)C3C2CCC2(C)C3CCC2n2cnc3ccccc32)C1. The van der Waals surface area contributed by atoms with E-state index >= 15 is 0 Å². The lowest BCUT2D eigenvalue weighted by Crippen LogP contribution is -2.54. The summed E-state index contributed by atoms with van der Waals surface area (Å²) in [6.07, 6.45) is 12.8. The van der Waals surface area contributed by atoms with E-state index in [4.69, 9.17) is 4.98 Å².